The SMILES string of the molecule is Nc1ncc(Cl)c(N2CC3CCCC3C2)n1. The van der Waals surface area contributed by atoms with E-state index in [1.165, 1.54) is 19.3 Å². The van der Waals surface area contributed by atoms with E-state index >= 15 is 0 Å². The van der Waals surface area contributed by atoms with E-state index in [1.54, 1.807) is 6.20 Å². The molecule has 0 amide bonds. The highest BCUT2D eigenvalue weighted by Gasteiger charge is 2.37. The van der Waals surface area contributed by atoms with Crippen LogP contribution in [0, 0.1) is 11.8 Å². The van der Waals surface area contributed by atoms with Gasteiger partial charge in [-0.3, -0.25) is 0 Å². The van der Waals surface area contributed by atoms with E-state index in [0.29, 0.717) is 11.0 Å². The summed E-state index contributed by atoms with van der Waals surface area (Å²) in [6.45, 7) is 2.14. The number of fused-ring (bicyclic) bond motifs is 1. The van der Waals surface area contributed by atoms with Crippen molar-refractivity contribution in [2.45, 2.75) is 19.3 Å². The van der Waals surface area contributed by atoms with Crippen LogP contribution < -0.4 is 10.6 Å². The molecule has 1 aliphatic carbocycles. The Morgan fingerprint density at radius 2 is 2.00 bits per heavy atom. The zero-order valence-electron chi connectivity index (χ0n) is 9.06. The lowest BCUT2D eigenvalue weighted by molar-refractivity contribution is 0.494. The van der Waals surface area contributed by atoms with Crippen LogP contribution in [0.2, 0.25) is 5.02 Å². The maximum atomic E-state index is 6.11. The fourth-order valence-electron chi connectivity index (χ4n) is 3.00. The minimum absolute atomic E-state index is 0.302. The number of rotatable bonds is 1. The van der Waals surface area contributed by atoms with Gasteiger partial charge >= 0.3 is 0 Å². The van der Waals surface area contributed by atoms with Crippen molar-refractivity contribution in [2.75, 3.05) is 23.7 Å². The Morgan fingerprint density at radius 1 is 1.31 bits per heavy atom. The van der Waals surface area contributed by atoms with Crippen LogP contribution in [0.1, 0.15) is 19.3 Å². The smallest absolute Gasteiger partial charge is 0.222 e. The van der Waals surface area contributed by atoms with Crippen LogP contribution in [0.25, 0.3) is 0 Å². The van der Waals surface area contributed by atoms with Gasteiger partial charge in [-0.25, -0.2) is 4.98 Å². The molecule has 2 fully saturated rings. The predicted molar refractivity (Wildman–Crippen MR) is 64.5 cm³/mol. The maximum absolute atomic E-state index is 6.11. The van der Waals surface area contributed by atoms with Crippen LogP contribution >= 0.6 is 11.6 Å². The number of hydrogen-bond acceptors (Lipinski definition) is 4. The summed E-state index contributed by atoms with van der Waals surface area (Å²) in [6, 6.07) is 0. The molecule has 3 rings (SSSR count). The summed E-state index contributed by atoms with van der Waals surface area (Å²) in [6.07, 6.45) is 5.66. The van der Waals surface area contributed by atoms with E-state index in [4.69, 9.17) is 17.3 Å². The zero-order chi connectivity index (χ0) is 11.1. The molecule has 2 heterocycles. The first-order chi connectivity index (χ1) is 7.74. The topological polar surface area (TPSA) is 55.0 Å². The molecule has 0 spiro atoms. The van der Waals surface area contributed by atoms with Crippen molar-refractivity contribution in [1.82, 2.24) is 9.97 Å². The average Bonchev–Trinajstić information content (AvgIpc) is 2.81. The van der Waals surface area contributed by atoms with Crippen LogP contribution in [0.4, 0.5) is 11.8 Å². The largest absolute Gasteiger partial charge is 0.368 e. The maximum Gasteiger partial charge on any atom is 0.222 e. The Bertz CT molecular complexity index is 397. The quantitative estimate of drug-likeness (QED) is 0.813. The molecule has 1 aromatic rings. The van der Waals surface area contributed by atoms with Gasteiger partial charge in [0.05, 0.1) is 6.20 Å². The first-order valence-electron chi connectivity index (χ1n) is 5.77. The van der Waals surface area contributed by atoms with Crippen molar-refractivity contribution >= 4 is 23.4 Å². The summed E-state index contributed by atoms with van der Waals surface area (Å²) in [5.74, 6) is 2.76. The predicted octanol–water partition coefficient (Wildman–Crippen LogP) is 1.95. The highest BCUT2D eigenvalue weighted by molar-refractivity contribution is 6.32. The van der Waals surface area contributed by atoms with Gasteiger partial charge in [0.1, 0.15) is 5.02 Å². The lowest BCUT2D eigenvalue weighted by Crippen LogP contribution is -2.22. The standard InChI is InChI=1S/C11H15ClN4/c12-9-4-14-11(13)15-10(9)16-5-7-2-1-3-8(7)6-16/h4,7-8H,1-3,5-6H2,(H2,13,14,15). The van der Waals surface area contributed by atoms with Gasteiger partial charge in [-0.15, -0.1) is 0 Å². The molecule has 1 aromatic heterocycles. The minimum atomic E-state index is 0.302. The first-order valence-corrected chi connectivity index (χ1v) is 6.15. The molecule has 2 unspecified atom stereocenters. The van der Waals surface area contributed by atoms with Gasteiger partial charge in [0.25, 0.3) is 0 Å². The van der Waals surface area contributed by atoms with Gasteiger partial charge in [0, 0.05) is 13.1 Å². The third kappa shape index (κ3) is 1.61. The van der Waals surface area contributed by atoms with E-state index in [-0.39, 0.29) is 0 Å². The fourth-order valence-corrected chi connectivity index (χ4v) is 3.21. The lowest BCUT2D eigenvalue weighted by Gasteiger charge is -2.19. The van der Waals surface area contributed by atoms with Gasteiger partial charge in [-0.05, 0) is 24.7 Å². The molecule has 0 bridgehead atoms. The van der Waals surface area contributed by atoms with Gasteiger partial charge in [0.15, 0.2) is 5.82 Å². The molecular weight excluding hydrogens is 224 g/mol. The molecule has 2 N–H and O–H groups in total. The Kier molecular flexibility index (Phi) is 2.39. The number of nitrogens with zero attached hydrogens (tertiary/aromatic N) is 3. The molecule has 1 aliphatic heterocycles. The molecule has 2 atom stereocenters. The molecule has 0 radical (unpaired) electrons. The highest BCUT2D eigenvalue weighted by atomic mass is 35.5. The summed E-state index contributed by atoms with van der Waals surface area (Å²) in [4.78, 5) is 10.4. The Labute approximate surface area is 99.8 Å². The lowest BCUT2D eigenvalue weighted by atomic mass is 10.0. The summed E-state index contributed by atoms with van der Waals surface area (Å²) in [7, 11) is 0. The van der Waals surface area contributed by atoms with Crippen molar-refractivity contribution in [3.8, 4) is 0 Å². The van der Waals surface area contributed by atoms with Crippen molar-refractivity contribution in [2.24, 2.45) is 11.8 Å². The second kappa shape index (κ2) is 3.77. The molecule has 0 aromatic carbocycles. The fraction of sp³-hybridized carbons (Fsp3) is 0.636. The second-order valence-electron chi connectivity index (χ2n) is 4.76. The van der Waals surface area contributed by atoms with E-state index in [2.05, 4.69) is 14.9 Å². The Hall–Kier alpha value is -1.03. The van der Waals surface area contributed by atoms with Crippen LogP contribution in [-0.2, 0) is 0 Å². The summed E-state index contributed by atoms with van der Waals surface area (Å²) in [5.41, 5.74) is 5.60. The third-order valence-electron chi connectivity index (χ3n) is 3.77. The van der Waals surface area contributed by atoms with E-state index in [1.807, 2.05) is 0 Å². The first kappa shape index (κ1) is 10.1. The number of aromatic nitrogens is 2. The van der Waals surface area contributed by atoms with Crippen LogP contribution in [0.5, 0.6) is 0 Å². The number of halogens is 1. The molecular formula is C11H15ClN4. The summed E-state index contributed by atoms with van der Waals surface area (Å²) in [5, 5.41) is 0.606. The van der Waals surface area contributed by atoms with Crippen molar-refractivity contribution in [3.05, 3.63) is 11.2 Å². The highest BCUT2D eigenvalue weighted by Crippen LogP contribution is 2.40. The monoisotopic (exact) mass is 238 g/mol. The molecule has 2 aliphatic rings. The van der Waals surface area contributed by atoms with E-state index in [9.17, 15) is 0 Å². The van der Waals surface area contributed by atoms with Crippen molar-refractivity contribution < 1.29 is 0 Å². The minimum Gasteiger partial charge on any atom is -0.368 e. The number of nitrogen functional groups attached to an aromatic ring is 1. The molecule has 86 valence electrons. The molecule has 16 heavy (non-hydrogen) atoms. The summed E-state index contributed by atoms with van der Waals surface area (Å²) >= 11 is 6.11. The van der Waals surface area contributed by atoms with Crippen LogP contribution in [0.3, 0.4) is 0 Å². The molecule has 4 nitrogen and oxygen atoms in total. The number of hydrogen-bond donors (Lipinski definition) is 1. The Morgan fingerprint density at radius 3 is 2.69 bits per heavy atom. The molecule has 5 heteroatoms. The molecule has 1 saturated heterocycles. The summed E-state index contributed by atoms with van der Waals surface area (Å²) < 4.78 is 0. The number of anilines is 2. The van der Waals surface area contributed by atoms with Crippen molar-refractivity contribution in [3.63, 3.8) is 0 Å². The molecule has 1 saturated carbocycles. The third-order valence-corrected chi connectivity index (χ3v) is 4.04. The van der Waals surface area contributed by atoms with Crippen LogP contribution in [-0.4, -0.2) is 23.1 Å². The van der Waals surface area contributed by atoms with Gasteiger partial charge < -0.3 is 10.6 Å². The average molecular weight is 239 g/mol. The zero-order valence-corrected chi connectivity index (χ0v) is 9.82. The number of nitrogens with two attached hydrogens (primary N) is 1. The van der Waals surface area contributed by atoms with Crippen molar-refractivity contribution in [1.29, 1.82) is 0 Å². The van der Waals surface area contributed by atoms with Gasteiger partial charge in [-0.1, -0.05) is 18.0 Å². The Balaban J connectivity index is 1.85. The van der Waals surface area contributed by atoms with E-state index in [0.717, 1.165) is 30.7 Å². The van der Waals surface area contributed by atoms with Crippen LogP contribution in [0.15, 0.2) is 6.20 Å². The van der Waals surface area contributed by atoms with Gasteiger partial charge in [-0.2, -0.15) is 4.98 Å². The van der Waals surface area contributed by atoms with Gasteiger partial charge in [0.2, 0.25) is 5.95 Å². The van der Waals surface area contributed by atoms with E-state index < -0.39 is 0 Å². The normalized spacial score (nSPS) is 28.4. The second-order valence-corrected chi connectivity index (χ2v) is 5.16.